The highest BCUT2D eigenvalue weighted by Gasteiger charge is 2.07. The molecule has 0 saturated carbocycles. The summed E-state index contributed by atoms with van der Waals surface area (Å²) in [5, 5.41) is 3.95. The minimum atomic E-state index is -0.252. The third kappa shape index (κ3) is 3.00. The van der Waals surface area contributed by atoms with Gasteiger partial charge >= 0.3 is 0 Å². The molecule has 1 N–H and O–H groups in total. The fraction of sp³-hybridized carbons (Fsp3) is 0.333. The zero-order chi connectivity index (χ0) is 12.3. The molecule has 17 heavy (non-hydrogen) atoms. The standard InChI is InChI=1S/C12H14FN3S/c1-3-4-14-12-15-11(16-17-12)9-5-8(2)6-10(13)7-9/h5-7H,3-4H2,1-2H3,(H,14,15,16). The lowest BCUT2D eigenvalue weighted by Crippen LogP contribution is -1.98. The van der Waals surface area contributed by atoms with Crippen molar-refractivity contribution in [2.24, 2.45) is 0 Å². The molecule has 1 aromatic carbocycles. The molecule has 0 aliphatic carbocycles. The molecule has 0 bridgehead atoms. The molecule has 0 saturated heterocycles. The lowest BCUT2D eigenvalue weighted by molar-refractivity contribution is 0.627. The van der Waals surface area contributed by atoms with Crippen LogP contribution in [0.2, 0.25) is 0 Å². The van der Waals surface area contributed by atoms with Crippen LogP contribution in [-0.4, -0.2) is 15.9 Å². The Hall–Kier alpha value is -1.49. The van der Waals surface area contributed by atoms with Gasteiger partial charge in [0.15, 0.2) is 5.82 Å². The minimum Gasteiger partial charge on any atom is -0.360 e. The van der Waals surface area contributed by atoms with Gasteiger partial charge in [-0.25, -0.2) is 4.39 Å². The third-order valence-electron chi connectivity index (χ3n) is 2.25. The Kier molecular flexibility index (Phi) is 3.68. The van der Waals surface area contributed by atoms with Crippen LogP contribution < -0.4 is 5.32 Å². The topological polar surface area (TPSA) is 37.8 Å². The van der Waals surface area contributed by atoms with Crippen LogP contribution in [0.5, 0.6) is 0 Å². The van der Waals surface area contributed by atoms with Gasteiger partial charge in [-0.1, -0.05) is 6.92 Å². The van der Waals surface area contributed by atoms with Crippen LogP contribution in [0, 0.1) is 12.7 Å². The van der Waals surface area contributed by atoms with E-state index in [1.54, 1.807) is 0 Å². The molecule has 2 aromatic rings. The molecule has 5 heteroatoms. The van der Waals surface area contributed by atoms with Crippen LogP contribution in [0.4, 0.5) is 9.52 Å². The van der Waals surface area contributed by atoms with E-state index in [4.69, 9.17) is 0 Å². The molecule has 2 rings (SSSR count). The van der Waals surface area contributed by atoms with Crippen molar-refractivity contribution in [3.8, 4) is 11.4 Å². The molecular formula is C12H14FN3S. The van der Waals surface area contributed by atoms with Gasteiger partial charge in [-0.05, 0) is 37.1 Å². The van der Waals surface area contributed by atoms with Gasteiger partial charge in [0.25, 0.3) is 0 Å². The zero-order valence-electron chi connectivity index (χ0n) is 9.83. The van der Waals surface area contributed by atoms with Gasteiger partial charge in [-0.3, -0.25) is 0 Å². The molecule has 3 nitrogen and oxygen atoms in total. The number of hydrogen-bond donors (Lipinski definition) is 1. The highest BCUT2D eigenvalue weighted by atomic mass is 32.1. The summed E-state index contributed by atoms with van der Waals surface area (Å²) in [6.07, 6.45) is 1.04. The lowest BCUT2D eigenvalue weighted by Gasteiger charge is -1.99. The largest absolute Gasteiger partial charge is 0.360 e. The minimum absolute atomic E-state index is 0.252. The van der Waals surface area contributed by atoms with E-state index in [1.165, 1.54) is 23.7 Å². The summed E-state index contributed by atoms with van der Waals surface area (Å²) in [4.78, 5) is 4.33. The Morgan fingerprint density at radius 3 is 2.88 bits per heavy atom. The van der Waals surface area contributed by atoms with E-state index in [1.807, 2.05) is 13.0 Å². The first-order valence-corrected chi connectivity index (χ1v) is 6.31. The number of aryl methyl sites for hydroxylation is 1. The maximum Gasteiger partial charge on any atom is 0.202 e. The number of benzene rings is 1. The molecule has 0 aliphatic rings. The van der Waals surface area contributed by atoms with E-state index in [0.717, 1.165) is 29.2 Å². The molecule has 90 valence electrons. The molecule has 0 atom stereocenters. The molecule has 0 radical (unpaired) electrons. The number of nitrogens with zero attached hydrogens (tertiary/aromatic N) is 2. The SMILES string of the molecule is CCCNc1nc(-c2cc(C)cc(F)c2)ns1. The Bertz CT molecular complexity index is 490. The maximum atomic E-state index is 13.3. The number of hydrogen-bond acceptors (Lipinski definition) is 4. The van der Waals surface area contributed by atoms with Gasteiger partial charge in [0.1, 0.15) is 5.82 Å². The van der Waals surface area contributed by atoms with Crippen molar-refractivity contribution in [3.05, 3.63) is 29.6 Å². The van der Waals surface area contributed by atoms with Crippen LogP contribution in [-0.2, 0) is 0 Å². The first kappa shape index (κ1) is 12.0. The van der Waals surface area contributed by atoms with E-state index in [9.17, 15) is 4.39 Å². The van der Waals surface area contributed by atoms with Crippen molar-refractivity contribution in [2.75, 3.05) is 11.9 Å². The quantitative estimate of drug-likeness (QED) is 0.904. The maximum absolute atomic E-state index is 13.3. The van der Waals surface area contributed by atoms with Gasteiger partial charge in [0, 0.05) is 23.6 Å². The fourth-order valence-electron chi connectivity index (χ4n) is 1.51. The van der Waals surface area contributed by atoms with Crippen LogP contribution in [0.3, 0.4) is 0 Å². The highest BCUT2D eigenvalue weighted by molar-refractivity contribution is 7.09. The molecule has 1 heterocycles. The summed E-state index contributed by atoms with van der Waals surface area (Å²) < 4.78 is 17.5. The molecule has 0 spiro atoms. The Labute approximate surface area is 104 Å². The number of halogens is 1. The molecule has 1 aromatic heterocycles. The van der Waals surface area contributed by atoms with Gasteiger partial charge in [-0.2, -0.15) is 9.36 Å². The Morgan fingerprint density at radius 1 is 1.35 bits per heavy atom. The molecular weight excluding hydrogens is 237 g/mol. The average molecular weight is 251 g/mol. The number of nitrogens with one attached hydrogen (secondary N) is 1. The van der Waals surface area contributed by atoms with Gasteiger partial charge < -0.3 is 5.32 Å². The van der Waals surface area contributed by atoms with Crippen molar-refractivity contribution < 1.29 is 4.39 Å². The summed E-state index contributed by atoms with van der Waals surface area (Å²) in [6, 6.07) is 4.83. The second-order valence-corrected chi connectivity index (χ2v) is 4.62. The zero-order valence-corrected chi connectivity index (χ0v) is 10.6. The lowest BCUT2D eigenvalue weighted by atomic mass is 10.1. The van der Waals surface area contributed by atoms with Crippen molar-refractivity contribution in [1.82, 2.24) is 9.36 Å². The predicted molar refractivity (Wildman–Crippen MR) is 68.8 cm³/mol. The number of aromatic nitrogens is 2. The van der Waals surface area contributed by atoms with Gasteiger partial charge in [-0.15, -0.1) is 0 Å². The summed E-state index contributed by atoms with van der Waals surface area (Å²) in [5.41, 5.74) is 1.60. The second kappa shape index (κ2) is 5.23. The van der Waals surface area contributed by atoms with Crippen molar-refractivity contribution >= 4 is 16.7 Å². The number of rotatable bonds is 4. The first-order chi connectivity index (χ1) is 8.19. The molecule has 0 aliphatic heterocycles. The summed E-state index contributed by atoms with van der Waals surface area (Å²) >= 11 is 1.30. The van der Waals surface area contributed by atoms with Crippen LogP contribution in [0.15, 0.2) is 18.2 Å². The highest BCUT2D eigenvalue weighted by Crippen LogP contribution is 2.22. The van der Waals surface area contributed by atoms with Crippen molar-refractivity contribution in [1.29, 1.82) is 0 Å². The third-order valence-corrected chi connectivity index (χ3v) is 2.93. The van der Waals surface area contributed by atoms with E-state index in [-0.39, 0.29) is 5.82 Å². The smallest absolute Gasteiger partial charge is 0.202 e. The van der Waals surface area contributed by atoms with E-state index in [2.05, 4.69) is 21.6 Å². The summed E-state index contributed by atoms with van der Waals surface area (Å²) in [6.45, 7) is 4.82. The second-order valence-electron chi connectivity index (χ2n) is 3.87. The normalized spacial score (nSPS) is 10.5. The summed E-state index contributed by atoms with van der Waals surface area (Å²) in [5.74, 6) is 0.328. The van der Waals surface area contributed by atoms with Crippen LogP contribution in [0.1, 0.15) is 18.9 Å². The molecule has 0 amide bonds. The monoisotopic (exact) mass is 251 g/mol. The van der Waals surface area contributed by atoms with E-state index >= 15 is 0 Å². The number of anilines is 1. The van der Waals surface area contributed by atoms with E-state index in [0.29, 0.717) is 5.82 Å². The van der Waals surface area contributed by atoms with Gasteiger partial charge in [0.2, 0.25) is 5.13 Å². The van der Waals surface area contributed by atoms with Crippen LogP contribution >= 0.6 is 11.5 Å². The predicted octanol–water partition coefficient (Wildman–Crippen LogP) is 3.47. The molecule has 0 unspecified atom stereocenters. The van der Waals surface area contributed by atoms with Gasteiger partial charge in [0.05, 0.1) is 0 Å². The molecule has 0 fully saturated rings. The Morgan fingerprint density at radius 2 is 2.18 bits per heavy atom. The van der Waals surface area contributed by atoms with Crippen molar-refractivity contribution in [2.45, 2.75) is 20.3 Å². The fourth-order valence-corrected chi connectivity index (χ4v) is 2.12. The summed E-state index contributed by atoms with van der Waals surface area (Å²) in [7, 11) is 0. The van der Waals surface area contributed by atoms with Crippen molar-refractivity contribution in [3.63, 3.8) is 0 Å². The average Bonchev–Trinajstić information content (AvgIpc) is 2.73. The Balaban J connectivity index is 2.24. The first-order valence-electron chi connectivity index (χ1n) is 5.54. The van der Waals surface area contributed by atoms with E-state index < -0.39 is 0 Å². The van der Waals surface area contributed by atoms with Crippen LogP contribution in [0.25, 0.3) is 11.4 Å².